The molecule has 1 amide bonds. The van der Waals surface area contributed by atoms with Gasteiger partial charge in [0.1, 0.15) is 5.69 Å². The molecular weight excluding hydrogens is 234 g/mol. The molecule has 2 unspecified atom stereocenters. The van der Waals surface area contributed by atoms with Crippen LogP contribution in [-0.2, 0) is 4.79 Å². The van der Waals surface area contributed by atoms with Crippen LogP contribution < -0.4 is 5.32 Å². The Balaban J connectivity index is 2.10. The number of hydrogen-bond acceptors (Lipinski definition) is 3. The van der Waals surface area contributed by atoms with E-state index in [9.17, 15) is 14.7 Å². The lowest BCUT2D eigenvalue weighted by atomic mass is 9.85. The fourth-order valence-corrected chi connectivity index (χ4v) is 2.42. The normalized spacial score (nSPS) is 27.1. The van der Waals surface area contributed by atoms with E-state index in [0.29, 0.717) is 18.5 Å². The first kappa shape index (κ1) is 12.6. The number of rotatable bonds is 3. The van der Waals surface area contributed by atoms with Gasteiger partial charge in [0.15, 0.2) is 0 Å². The van der Waals surface area contributed by atoms with E-state index in [0.717, 1.165) is 12.1 Å². The van der Waals surface area contributed by atoms with Gasteiger partial charge in [-0.05, 0) is 32.8 Å². The number of H-pyrrole nitrogens is 1. The second kappa shape index (κ2) is 4.44. The molecule has 6 heteroatoms. The van der Waals surface area contributed by atoms with Gasteiger partial charge in [-0.2, -0.15) is 5.10 Å². The van der Waals surface area contributed by atoms with Crippen LogP contribution in [0.4, 0.5) is 0 Å². The molecule has 1 saturated carbocycles. The summed E-state index contributed by atoms with van der Waals surface area (Å²) in [6.45, 7) is 3.49. The van der Waals surface area contributed by atoms with Crippen LogP contribution in [0, 0.1) is 12.3 Å². The number of carbonyl (C=O) groups is 2. The van der Waals surface area contributed by atoms with Crippen molar-refractivity contribution >= 4 is 11.9 Å². The minimum absolute atomic E-state index is 0.298. The molecule has 1 aromatic rings. The molecule has 0 radical (unpaired) electrons. The van der Waals surface area contributed by atoms with Crippen molar-refractivity contribution in [3.63, 3.8) is 0 Å². The lowest BCUT2D eigenvalue weighted by molar-refractivity contribution is -0.148. The van der Waals surface area contributed by atoms with E-state index in [2.05, 4.69) is 15.5 Å². The van der Waals surface area contributed by atoms with E-state index in [-0.39, 0.29) is 11.9 Å². The van der Waals surface area contributed by atoms with E-state index >= 15 is 0 Å². The largest absolute Gasteiger partial charge is 0.481 e. The summed E-state index contributed by atoms with van der Waals surface area (Å²) in [4.78, 5) is 23.2. The third-order valence-corrected chi connectivity index (χ3v) is 3.69. The van der Waals surface area contributed by atoms with Crippen LogP contribution in [0.25, 0.3) is 0 Å². The third kappa shape index (κ3) is 2.10. The zero-order chi connectivity index (χ0) is 13.3. The highest BCUT2D eigenvalue weighted by Gasteiger charge is 2.46. The molecule has 2 atom stereocenters. The Morgan fingerprint density at radius 2 is 2.33 bits per heavy atom. The Labute approximate surface area is 105 Å². The van der Waals surface area contributed by atoms with Gasteiger partial charge in [-0.15, -0.1) is 0 Å². The number of nitrogens with one attached hydrogen (secondary N) is 2. The van der Waals surface area contributed by atoms with Crippen LogP contribution >= 0.6 is 0 Å². The van der Waals surface area contributed by atoms with Crippen LogP contribution in [0.5, 0.6) is 0 Å². The first-order valence-electron chi connectivity index (χ1n) is 6.00. The summed E-state index contributed by atoms with van der Waals surface area (Å²) in [7, 11) is 0. The molecule has 1 fully saturated rings. The summed E-state index contributed by atoms with van der Waals surface area (Å²) in [6.07, 6.45) is 2.10. The predicted molar refractivity (Wildman–Crippen MR) is 64.2 cm³/mol. The second-order valence-corrected chi connectivity index (χ2v) is 5.08. The van der Waals surface area contributed by atoms with Crippen LogP contribution in [0.2, 0.25) is 0 Å². The van der Waals surface area contributed by atoms with Gasteiger partial charge in [0, 0.05) is 11.7 Å². The molecule has 0 spiro atoms. The molecule has 0 aliphatic heterocycles. The maximum absolute atomic E-state index is 11.9. The van der Waals surface area contributed by atoms with Crippen LogP contribution in [-0.4, -0.2) is 33.2 Å². The monoisotopic (exact) mass is 251 g/mol. The first-order valence-corrected chi connectivity index (χ1v) is 6.00. The average molecular weight is 251 g/mol. The molecular formula is C12H17N3O3. The van der Waals surface area contributed by atoms with Gasteiger partial charge >= 0.3 is 5.97 Å². The number of carbonyl (C=O) groups excluding carboxylic acids is 1. The standard InChI is InChI=1S/C12H17N3O3/c1-7-6-8(15-14-7)10(16)13-9-4-3-5-12(9,2)11(17)18/h6,9H,3-5H2,1-2H3,(H,13,16)(H,14,15)(H,17,18). The number of amides is 1. The smallest absolute Gasteiger partial charge is 0.311 e. The Morgan fingerprint density at radius 3 is 2.89 bits per heavy atom. The van der Waals surface area contributed by atoms with Gasteiger partial charge in [-0.1, -0.05) is 6.42 Å². The summed E-state index contributed by atoms with van der Waals surface area (Å²) in [6, 6.07) is 1.31. The molecule has 3 N–H and O–H groups in total. The Morgan fingerprint density at radius 1 is 1.61 bits per heavy atom. The van der Waals surface area contributed by atoms with Crippen LogP contribution in [0.1, 0.15) is 42.4 Å². The van der Waals surface area contributed by atoms with Crippen LogP contribution in [0.3, 0.4) is 0 Å². The predicted octanol–water partition coefficient (Wildman–Crippen LogP) is 1.09. The summed E-state index contributed by atoms with van der Waals surface area (Å²) in [5.74, 6) is -1.18. The quantitative estimate of drug-likeness (QED) is 0.749. The number of nitrogens with zero attached hydrogens (tertiary/aromatic N) is 1. The number of aryl methyl sites for hydroxylation is 1. The van der Waals surface area contributed by atoms with Gasteiger partial charge in [-0.3, -0.25) is 14.7 Å². The van der Waals surface area contributed by atoms with E-state index in [1.807, 2.05) is 0 Å². The first-order chi connectivity index (χ1) is 8.43. The van der Waals surface area contributed by atoms with E-state index < -0.39 is 11.4 Å². The van der Waals surface area contributed by atoms with Crippen molar-refractivity contribution in [1.82, 2.24) is 15.5 Å². The third-order valence-electron chi connectivity index (χ3n) is 3.69. The fourth-order valence-electron chi connectivity index (χ4n) is 2.42. The van der Waals surface area contributed by atoms with Gasteiger partial charge in [0.25, 0.3) is 5.91 Å². The average Bonchev–Trinajstić information content (AvgIpc) is 2.87. The number of carboxylic acid groups (broad SMARTS) is 1. The molecule has 0 bridgehead atoms. The van der Waals surface area contributed by atoms with E-state index in [1.54, 1.807) is 19.9 Å². The second-order valence-electron chi connectivity index (χ2n) is 5.08. The zero-order valence-corrected chi connectivity index (χ0v) is 10.5. The highest BCUT2D eigenvalue weighted by Crippen LogP contribution is 2.38. The van der Waals surface area contributed by atoms with Crippen molar-refractivity contribution in [3.05, 3.63) is 17.5 Å². The molecule has 6 nitrogen and oxygen atoms in total. The molecule has 0 aromatic carbocycles. The summed E-state index contributed by atoms with van der Waals surface area (Å²) < 4.78 is 0. The fraction of sp³-hybridized carbons (Fsp3) is 0.583. The van der Waals surface area contributed by atoms with Crippen molar-refractivity contribution in [1.29, 1.82) is 0 Å². The highest BCUT2D eigenvalue weighted by molar-refractivity contribution is 5.93. The van der Waals surface area contributed by atoms with Crippen molar-refractivity contribution < 1.29 is 14.7 Å². The molecule has 1 heterocycles. The van der Waals surface area contributed by atoms with Crippen molar-refractivity contribution in [2.24, 2.45) is 5.41 Å². The maximum atomic E-state index is 11.9. The van der Waals surface area contributed by atoms with Crippen molar-refractivity contribution in [3.8, 4) is 0 Å². The molecule has 98 valence electrons. The molecule has 1 aliphatic carbocycles. The number of hydrogen-bond donors (Lipinski definition) is 3. The zero-order valence-electron chi connectivity index (χ0n) is 10.5. The SMILES string of the molecule is Cc1cc(C(=O)NC2CCCC2(C)C(=O)O)n[nH]1. The summed E-state index contributed by atoms with van der Waals surface area (Å²) in [5.41, 5.74) is 0.223. The molecule has 0 saturated heterocycles. The molecule has 18 heavy (non-hydrogen) atoms. The van der Waals surface area contributed by atoms with Gasteiger partial charge in [-0.25, -0.2) is 0 Å². The molecule has 2 rings (SSSR count). The number of aliphatic carboxylic acids is 1. The van der Waals surface area contributed by atoms with E-state index in [4.69, 9.17) is 0 Å². The lowest BCUT2D eigenvalue weighted by Crippen LogP contribution is -2.47. The number of carboxylic acids is 1. The Bertz CT molecular complexity index is 483. The topological polar surface area (TPSA) is 95.1 Å². The number of aromatic amines is 1. The molecule has 1 aromatic heterocycles. The minimum atomic E-state index is -0.874. The van der Waals surface area contributed by atoms with Crippen LogP contribution in [0.15, 0.2) is 6.07 Å². The highest BCUT2D eigenvalue weighted by atomic mass is 16.4. The Kier molecular flexibility index (Phi) is 3.11. The summed E-state index contributed by atoms with van der Waals surface area (Å²) >= 11 is 0. The van der Waals surface area contributed by atoms with Crippen molar-refractivity contribution in [2.75, 3.05) is 0 Å². The summed E-state index contributed by atoms with van der Waals surface area (Å²) in [5, 5.41) is 18.6. The lowest BCUT2D eigenvalue weighted by Gasteiger charge is -2.27. The van der Waals surface area contributed by atoms with E-state index in [1.165, 1.54) is 0 Å². The van der Waals surface area contributed by atoms with Gasteiger partial charge < -0.3 is 10.4 Å². The van der Waals surface area contributed by atoms with Crippen molar-refractivity contribution in [2.45, 2.75) is 39.2 Å². The van der Waals surface area contributed by atoms with Gasteiger partial charge in [0.2, 0.25) is 0 Å². The number of aromatic nitrogens is 2. The Hall–Kier alpha value is -1.85. The van der Waals surface area contributed by atoms with Gasteiger partial charge in [0.05, 0.1) is 5.41 Å². The minimum Gasteiger partial charge on any atom is -0.481 e. The molecule has 1 aliphatic rings. The maximum Gasteiger partial charge on any atom is 0.311 e.